The van der Waals surface area contributed by atoms with E-state index in [9.17, 15) is 14.7 Å². The molecule has 2 unspecified atom stereocenters. The third kappa shape index (κ3) is 2.44. The van der Waals surface area contributed by atoms with Gasteiger partial charge in [-0.05, 0) is 19.4 Å². The van der Waals surface area contributed by atoms with Crippen LogP contribution in [0.1, 0.15) is 33.6 Å². The monoisotopic (exact) mass is 242 g/mol. The summed E-state index contributed by atoms with van der Waals surface area (Å²) in [6.45, 7) is 7.09. The van der Waals surface area contributed by atoms with E-state index in [4.69, 9.17) is 0 Å². The summed E-state index contributed by atoms with van der Waals surface area (Å²) < 4.78 is 0. The smallest absolute Gasteiger partial charge is 0.330 e. The molecule has 0 aromatic heterocycles. The summed E-state index contributed by atoms with van der Waals surface area (Å²) in [5.74, 6) is -1.11. The van der Waals surface area contributed by atoms with Gasteiger partial charge in [0.15, 0.2) is 0 Å². The highest BCUT2D eigenvalue weighted by Gasteiger charge is 2.50. The van der Waals surface area contributed by atoms with Crippen LogP contribution in [0.25, 0.3) is 0 Å². The fourth-order valence-electron chi connectivity index (χ4n) is 2.71. The quantitative estimate of drug-likeness (QED) is 0.761. The van der Waals surface area contributed by atoms with Crippen molar-refractivity contribution in [3.63, 3.8) is 0 Å². The van der Waals surface area contributed by atoms with Crippen LogP contribution in [0.2, 0.25) is 0 Å². The molecule has 1 heterocycles. The summed E-state index contributed by atoms with van der Waals surface area (Å²) in [4.78, 5) is 25.0. The molecule has 5 nitrogen and oxygen atoms in total. The van der Waals surface area contributed by atoms with Gasteiger partial charge in [-0.1, -0.05) is 13.8 Å². The van der Waals surface area contributed by atoms with Gasteiger partial charge in [-0.2, -0.15) is 0 Å². The molecule has 0 spiro atoms. The number of nitrogens with one attached hydrogen (secondary N) is 1. The molecule has 2 atom stereocenters. The number of amides is 1. The van der Waals surface area contributed by atoms with Crippen LogP contribution in [0.3, 0.4) is 0 Å². The maximum absolute atomic E-state index is 11.7. The van der Waals surface area contributed by atoms with Gasteiger partial charge in [-0.3, -0.25) is 4.79 Å². The number of hydrogen-bond donors (Lipinski definition) is 2. The maximum atomic E-state index is 11.7. The summed E-state index contributed by atoms with van der Waals surface area (Å²) in [6, 6.07) is 0. The highest BCUT2D eigenvalue weighted by Crippen LogP contribution is 2.32. The molecule has 0 aromatic rings. The average molecular weight is 242 g/mol. The largest absolute Gasteiger partial charge is 0.479 e. The number of nitrogens with zero attached hydrogens (tertiary/aromatic N) is 1. The Morgan fingerprint density at radius 1 is 1.53 bits per heavy atom. The summed E-state index contributed by atoms with van der Waals surface area (Å²) in [5.41, 5.74) is -1.03. The molecule has 1 saturated heterocycles. The van der Waals surface area contributed by atoms with Crippen LogP contribution in [-0.4, -0.2) is 47.1 Å². The number of carboxylic acids is 1. The third-order valence-corrected chi connectivity index (χ3v) is 3.63. The Labute approximate surface area is 102 Å². The molecule has 0 aromatic carbocycles. The Balaban J connectivity index is 3.11. The lowest BCUT2D eigenvalue weighted by molar-refractivity contribution is -0.165. The van der Waals surface area contributed by atoms with E-state index >= 15 is 0 Å². The third-order valence-electron chi connectivity index (χ3n) is 3.63. The van der Waals surface area contributed by atoms with Crippen molar-refractivity contribution in [2.75, 3.05) is 19.6 Å². The van der Waals surface area contributed by atoms with Gasteiger partial charge in [0.1, 0.15) is 5.54 Å². The van der Waals surface area contributed by atoms with Crippen molar-refractivity contribution in [3.8, 4) is 0 Å². The lowest BCUT2D eigenvalue weighted by Crippen LogP contribution is -2.65. The number of carboxylic acid groups (broad SMARTS) is 1. The highest BCUT2D eigenvalue weighted by molar-refractivity contribution is 5.86. The molecule has 0 aliphatic carbocycles. The summed E-state index contributed by atoms with van der Waals surface area (Å²) >= 11 is 0. The van der Waals surface area contributed by atoms with Crippen LogP contribution in [-0.2, 0) is 9.59 Å². The van der Waals surface area contributed by atoms with Gasteiger partial charge >= 0.3 is 5.97 Å². The zero-order valence-electron chi connectivity index (χ0n) is 10.8. The van der Waals surface area contributed by atoms with E-state index in [-0.39, 0.29) is 11.8 Å². The normalized spacial score (nSPS) is 28.8. The topological polar surface area (TPSA) is 69.6 Å². The molecule has 1 fully saturated rings. The number of rotatable bonds is 4. The Kier molecular flexibility index (Phi) is 4.51. The van der Waals surface area contributed by atoms with Crippen molar-refractivity contribution >= 4 is 11.9 Å². The van der Waals surface area contributed by atoms with Gasteiger partial charge < -0.3 is 15.3 Å². The van der Waals surface area contributed by atoms with E-state index in [1.165, 1.54) is 6.92 Å². The summed E-state index contributed by atoms with van der Waals surface area (Å²) in [7, 11) is 0. The van der Waals surface area contributed by atoms with Crippen LogP contribution in [0.5, 0.6) is 0 Å². The fraction of sp³-hybridized carbons (Fsp3) is 0.833. The number of carbonyl (C=O) groups is 2. The predicted octanol–water partition coefficient (Wildman–Crippen LogP) is 0.698. The molecule has 0 bridgehead atoms. The highest BCUT2D eigenvalue weighted by atomic mass is 16.4. The van der Waals surface area contributed by atoms with Crippen molar-refractivity contribution in [3.05, 3.63) is 0 Å². The Morgan fingerprint density at radius 3 is 2.59 bits per heavy atom. The lowest BCUT2D eigenvalue weighted by Gasteiger charge is -2.47. The zero-order valence-corrected chi connectivity index (χ0v) is 10.8. The first-order valence-electron chi connectivity index (χ1n) is 6.19. The van der Waals surface area contributed by atoms with Crippen molar-refractivity contribution in [2.45, 2.75) is 39.2 Å². The van der Waals surface area contributed by atoms with Crippen LogP contribution >= 0.6 is 0 Å². The van der Waals surface area contributed by atoms with Crippen molar-refractivity contribution in [2.24, 2.45) is 5.92 Å². The Morgan fingerprint density at radius 2 is 2.18 bits per heavy atom. The van der Waals surface area contributed by atoms with Crippen LogP contribution in [0.15, 0.2) is 0 Å². The van der Waals surface area contributed by atoms with Gasteiger partial charge in [-0.25, -0.2) is 4.79 Å². The van der Waals surface area contributed by atoms with E-state index in [0.717, 1.165) is 6.42 Å². The van der Waals surface area contributed by atoms with Crippen LogP contribution < -0.4 is 5.32 Å². The molecule has 1 aliphatic rings. The molecule has 1 amide bonds. The number of aliphatic carboxylic acids is 1. The summed E-state index contributed by atoms with van der Waals surface area (Å²) in [6.07, 6.45) is 1.25. The number of hydrogen-bond acceptors (Lipinski definition) is 3. The lowest BCUT2D eigenvalue weighted by atomic mass is 9.77. The standard InChI is InChI=1S/C12H22N2O3/c1-4-7-14(10(3)15)12(11(16)17)5-6-13-8-9(12)2/h9,13H,4-8H2,1-3H3,(H,16,17). The molecule has 0 saturated carbocycles. The first-order chi connectivity index (χ1) is 7.96. The maximum Gasteiger partial charge on any atom is 0.330 e. The second-order valence-electron chi connectivity index (χ2n) is 4.76. The van der Waals surface area contributed by atoms with Crippen molar-refractivity contribution < 1.29 is 14.7 Å². The van der Waals surface area contributed by atoms with Crippen LogP contribution in [0, 0.1) is 5.92 Å². The number of piperidine rings is 1. The summed E-state index contributed by atoms with van der Waals surface area (Å²) in [5, 5.41) is 12.8. The molecule has 0 radical (unpaired) electrons. The van der Waals surface area contributed by atoms with Gasteiger partial charge in [0.2, 0.25) is 5.91 Å². The van der Waals surface area contributed by atoms with Gasteiger partial charge in [0.25, 0.3) is 0 Å². The van der Waals surface area contributed by atoms with E-state index < -0.39 is 11.5 Å². The molecule has 17 heavy (non-hydrogen) atoms. The Hall–Kier alpha value is -1.10. The fourth-order valence-corrected chi connectivity index (χ4v) is 2.71. The second kappa shape index (κ2) is 5.49. The minimum Gasteiger partial charge on any atom is -0.479 e. The first-order valence-corrected chi connectivity index (χ1v) is 6.19. The molecule has 1 aliphatic heterocycles. The second-order valence-corrected chi connectivity index (χ2v) is 4.76. The van der Waals surface area contributed by atoms with E-state index in [1.807, 2.05) is 13.8 Å². The zero-order chi connectivity index (χ0) is 13.1. The predicted molar refractivity (Wildman–Crippen MR) is 64.7 cm³/mol. The average Bonchev–Trinajstić information content (AvgIpc) is 2.26. The van der Waals surface area contributed by atoms with Gasteiger partial charge in [0, 0.05) is 25.9 Å². The molecule has 1 rings (SSSR count). The molecule has 2 N–H and O–H groups in total. The van der Waals surface area contributed by atoms with E-state index in [0.29, 0.717) is 26.1 Å². The minimum atomic E-state index is -1.03. The first kappa shape index (κ1) is 14.0. The van der Waals surface area contributed by atoms with Gasteiger partial charge in [0.05, 0.1) is 0 Å². The Bertz CT molecular complexity index is 306. The van der Waals surface area contributed by atoms with E-state index in [1.54, 1.807) is 4.90 Å². The minimum absolute atomic E-state index is 0.0794. The van der Waals surface area contributed by atoms with Crippen molar-refractivity contribution in [1.82, 2.24) is 10.2 Å². The number of carbonyl (C=O) groups excluding carboxylic acids is 1. The SMILES string of the molecule is CCCN(C(C)=O)C1(C(=O)O)CCNCC1C. The molecule has 98 valence electrons. The van der Waals surface area contributed by atoms with Crippen LogP contribution in [0.4, 0.5) is 0 Å². The molecular weight excluding hydrogens is 220 g/mol. The van der Waals surface area contributed by atoms with E-state index in [2.05, 4.69) is 5.32 Å². The molecule has 5 heteroatoms. The van der Waals surface area contributed by atoms with Gasteiger partial charge in [-0.15, -0.1) is 0 Å². The van der Waals surface area contributed by atoms with Crippen molar-refractivity contribution in [1.29, 1.82) is 0 Å². The molecular formula is C12H22N2O3.